The van der Waals surface area contributed by atoms with E-state index in [-0.39, 0.29) is 17.2 Å². The van der Waals surface area contributed by atoms with Gasteiger partial charge in [-0.2, -0.15) is 13.2 Å². The third kappa shape index (κ3) is 5.04. The van der Waals surface area contributed by atoms with Gasteiger partial charge in [0.15, 0.2) is 5.76 Å². The lowest BCUT2D eigenvalue weighted by molar-refractivity contribution is -0.192. The fourth-order valence-corrected chi connectivity index (χ4v) is 3.65. The van der Waals surface area contributed by atoms with Crippen LogP contribution in [0.25, 0.3) is 0 Å². The molecule has 0 aromatic carbocycles. The fourth-order valence-electron chi connectivity index (χ4n) is 3.65. The molecular formula is C20H20F3N3O5. The number of rotatable bonds is 2. The lowest BCUT2D eigenvalue weighted by Crippen LogP contribution is -2.59. The molecule has 4 rings (SSSR count). The minimum absolute atomic E-state index is 0.0198. The van der Waals surface area contributed by atoms with Crippen LogP contribution in [0.2, 0.25) is 0 Å². The van der Waals surface area contributed by atoms with Crippen molar-refractivity contribution >= 4 is 17.8 Å². The SMILES string of the molecule is Cc1ccc(C(=O)N2CC3(CCN(C(=O)c4cccnc4)C3)C2)o1.O=C(O)C(F)(F)F. The number of amides is 2. The second-order valence-corrected chi connectivity index (χ2v) is 7.59. The molecule has 2 aliphatic heterocycles. The number of furan rings is 1. The van der Waals surface area contributed by atoms with Crippen molar-refractivity contribution in [1.29, 1.82) is 0 Å². The summed E-state index contributed by atoms with van der Waals surface area (Å²) >= 11 is 0. The predicted molar refractivity (Wildman–Crippen MR) is 100 cm³/mol. The van der Waals surface area contributed by atoms with Crippen LogP contribution in [0.4, 0.5) is 13.2 Å². The number of nitrogens with zero attached hydrogens (tertiary/aromatic N) is 3. The number of carboxylic acids is 1. The van der Waals surface area contributed by atoms with Crippen molar-refractivity contribution in [2.24, 2.45) is 5.41 Å². The van der Waals surface area contributed by atoms with Crippen LogP contribution in [0.5, 0.6) is 0 Å². The van der Waals surface area contributed by atoms with Crippen LogP contribution >= 0.6 is 0 Å². The van der Waals surface area contributed by atoms with Crippen LogP contribution < -0.4 is 0 Å². The molecule has 0 aliphatic carbocycles. The highest BCUT2D eigenvalue weighted by Crippen LogP contribution is 2.40. The number of hydrogen-bond acceptors (Lipinski definition) is 5. The molecule has 1 N–H and O–H groups in total. The molecule has 2 aliphatic rings. The highest BCUT2D eigenvalue weighted by Gasteiger charge is 2.50. The number of hydrogen-bond donors (Lipinski definition) is 1. The summed E-state index contributed by atoms with van der Waals surface area (Å²) in [6.07, 6.45) is -0.892. The quantitative estimate of drug-likeness (QED) is 0.772. The second-order valence-electron chi connectivity index (χ2n) is 7.59. The molecule has 2 amide bonds. The number of carbonyl (C=O) groups is 3. The van der Waals surface area contributed by atoms with Crippen molar-refractivity contribution in [2.45, 2.75) is 19.5 Å². The number of aryl methyl sites for hydroxylation is 1. The van der Waals surface area contributed by atoms with E-state index in [2.05, 4.69) is 4.98 Å². The van der Waals surface area contributed by atoms with E-state index < -0.39 is 12.1 Å². The van der Waals surface area contributed by atoms with E-state index in [1.807, 2.05) is 11.8 Å². The Morgan fingerprint density at radius 1 is 1.10 bits per heavy atom. The normalized spacial score (nSPS) is 17.0. The van der Waals surface area contributed by atoms with Crippen LogP contribution in [0.15, 0.2) is 41.1 Å². The second kappa shape index (κ2) is 8.40. The molecule has 1 spiro atoms. The van der Waals surface area contributed by atoms with E-state index in [1.54, 1.807) is 41.6 Å². The van der Waals surface area contributed by atoms with Gasteiger partial charge in [-0.1, -0.05) is 0 Å². The van der Waals surface area contributed by atoms with Gasteiger partial charge in [0.05, 0.1) is 5.56 Å². The third-order valence-electron chi connectivity index (χ3n) is 5.17. The Labute approximate surface area is 175 Å². The molecule has 0 saturated carbocycles. The minimum atomic E-state index is -5.08. The summed E-state index contributed by atoms with van der Waals surface area (Å²) in [5.41, 5.74) is 0.655. The van der Waals surface area contributed by atoms with Crippen molar-refractivity contribution in [3.63, 3.8) is 0 Å². The lowest BCUT2D eigenvalue weighted by atomic mass is 9.79. The summed E-state index contributed by atoms with van der Waals surface area (Å²) in [6.45, 7) is 4.62. The van der Waals surface area contributed by atoms with Gasteiger partial charge in [-0.25, -0.2) is 4.79 Å². The topological polar surface area (TPSA) is 104 Å². The number of aliphatic carboxylic acids is 1. The zero-order valence-electron chi connectivity index (χ0n) is 16.6. The average Bonchev–Trinajstić information content (AvgIpc) is 3.33. The Kier molecular flexibility index (Phi) is 6.05. The molecule has 11 heteroatoms. The maximum Gasteiger partial charge on any atom is 0.490 e. The van der Waals surface area contributed by atoms with Crippen molar-refractivity contribution in [3.05, 3.63) is 53.7 Å². The minimum Gasteiger partial charge on any atom is -0.475 e. The zero-order chi connectivity index (χ0) is 22.8. The Bertz CT molecular complexity index is 968. The average molecular weight is 439 g/mol. The predicted octanol–water partition coefficient (Wildman–Crippen LogP) is 2.60. The number of alkyl halides is 3. The third-order valence-corrected chi connectivity index (χ3v) is 5.17. The number of likely N-dealkylation sites (tertiary alicyclic amines) is 2. The first-order valence-corrected chi connectivity index (χ1v) is 9.36. The summed E-state index contributed by atoms with van der Waals surface area (Å²) in [5, 5.41) is 7.12. The Morgan fingerprint density at radius 3 is 2.26 bits per heavy atom. The summed E-state index contributed by atoms with van der Waals surface area (Å²) in [7, 11) is 0. The van der Waals surface area contributed by atoms with Gasteiger partial charge < -0.3 is 19.3 Å². The van der Waals surface area contributed by atoms with Crippen LogP contribution in [0.3, 0.4) is 0 Å². The number of aromatic nitrogens is 1. The van der Waals surface area contributed by atoms with Gasteiger partial charge in [0, 0.05) is 44.0 Å². The first kappa shape index (κ1) is 22.3. The maximum atomic E-state index is 12.5. The molecule has 166 valence electrons. The number of pyridine rings is 1. The molecule has 0 bridgehead atoms. The van der Waals surface area contributed by atoms with E-state index >= 15 is 0 Å². The van der Waals surface area contributed by atoms with E-state index in [1.165, 1.54) is 0 Å². The molecule has 0 unspecified atom stereocenters. The van der Waals surface area contributed by atoms with E-state index in [9.17, 15) is 22.8 Å². The molecule has 0 radical (unpaired) electrons. The molecule has 31 heavy (non-hydrogen) atoms. The van der Waals surface area contributed by atoms with Crippen LogP contribution in [0.1, 0.15) is 33.1 Å². The standard InChI is InChI=1S/C18H19N3O3.C2HF3O2/c1-13-4-5-15(24-13)17(23)21-11-18(12-21)6-8-20(10-18)16(22)14-3-2-7-19-9-14;3-2(4,5)1(6)7/h2-5,7,9H,6,8,10-12H2,1H3;(H,6,7). The van der Waals surface area contributed by atoms with E-state index in [4.69, 9.17) is 14.3 Å². The van der Waals surface area contributed by atoms with Gasteiger partial charge in [0.1, 0.15) is 5.76 Å². The number of halogens is 3. The lowest BCUT2D eigenvalue weighted by Gasteiger charge is -2.47. The van der Waals surface area contributed by atoms with Gasteiger partial charge in [0.25, 0.3) is 11.8 Å². The zero-order valence-corrected chi connectivity index (χ0v) is 16.6. The molecular weight excluding hydrogens is 419 g/mol. The number of carboxylic acid groups (broad SMARTS) is 1. The Hall–Kier alpha value is -3.37. The van der Waals surface area contributed by atoms with Crippen LogP contribution in [0, 0.1) is 12.3 Å². The molecule has 2 saturated heterocycles. The maximum absolute atomic E-state index is 12.5. The van der Waals surface area contributed by atoms with Crippen LogP contribution in [-0.2, 0) is 4.79 Å². The number of carbonyl (C=O) groups excluding carboxylic acids is 2. The first-order valence-electron chi connectivity index (χ1n) is 9.36. The van der Waals surface area contributed by atoms with Gasteiger partial charge in [0.2, 0.25) is 0 Å². The van der Waals surface area contributed by atoms with E-state index in [0.717, 1.165) is 18.7 Å². The summed E-state index contributed by atoms with van der Waals surface area (Å²) in [5.74, 6) is -1.67. The van der Waals surface area contributed by atoms with Crippen molar-refractivity contribution in [3.8, 4) is 0 Å². The molecule has 2 fully saturated rings. The Balaban J connectivity index is 0.000000339. The molecule has 4 heterocycles. The van der Waals surface area contributed by atoms with Crippen LogP contribution in [-0.4, -0.2) is 70.0 Å². The fraction of sp³-hybridized carbons (Fsp3) is 0.400. The highest BCUT2D eigenvalue weighted by molar-refractivity contribution is 5.94. The highest BCUT2D eigenvalue weighted by atomic mass is 19.4. The summed E-state index contributed by atoms with van der Waals surface area (Å²) in [6, 6.07) is 7.08. The van der Waals surface area contributed by atoms with Gasteiger partial charge >= 0.3 is 12.1 Å². The van der Waals surface area contributed by atoms with Crippen molar-refractivity contribution in [1.82, 2.24) is 14.8 Å². The molecule has 8 nitrogen and oxygen atoms in total. The Morgan fingerprint density at radius 2 is 1.74 bits per heavy atom. The van der Waals surface area contributed by atoms with Gasteiger partial charge in [-0.15, -0.1) is 0 Å². The molecule has 2 aromatic heterocycles. The summed E-state index contributed by atoms with van der Waals surface area (Å²) in [4.78, 5) is 41.4. The van der Waals surface area contributed by atoms with Crippen molar-refractivity contribution < 1.29 is 37.1 Å². The molecule has 0 atom stereocenters. The molecule has 2 aromatic rings. The summed E-state index contributed by atoms with van der Waals surface area (Å²) < 4.78 is 37.1. The van der Waals surface area contributed by atoms with Crippen molar-refractivity contribution in [2.75, 3.05) is 26.2 Å². The first-order chi connectivity index (χ1) is 14.5. The largest absolute Gasteiger partial charge is 0.490 e. The smallest absolute Gasteiger partial charge is 0.475 e. The monoisotopic (exact) mass is 439 g/mol. The van der Waals surface area contributed by atoms with E-state index in [0.29, 0.717) is 31.0 Å². The van der Waals surface area contributed by atoms with Gasteiger partial charge in [-0.05, 0) is 37.6 Å². The van der Waals surface area contributed by atoms with Gasteiger partial charge in [-0.3, -0.25) is 14.6 Å².